The van der Waals surface area contributed by atoms with Gasteiger partial charge in [0, 0.05) is 12.0 Å². The summed E-state index contributed by atoms with van der Waals surface area (Å²) in [4.78, 5) is 11.7. The lowest BCUT2D eigenvalue weighted by Gasteiger charge is -2.20. The Morgan fingerprint density at radius 3 is 2.79 bits per heavy atom. The lowest BCUT2D eigenvalue weighted by Crippen LogP contribution is -2.45. The summed E-state index contributed by atoms with van der Waals surface area (Å²) in [7, 11) is 0. The number of ether oxygens (including phenoxy) is 1. The quantitative estimate of drug-likeness (QED) is 0.864. The van der Waals surface area contributed by atoms with Gasteiger partial charge in [0.2, 0.25) is 5.91 Å². The van der Waals surface area contributed by atoms with Crippen molar-refractivity contribution in [1.29, 1.82) is 0 Å². The van der Waals surface area contributed by atoms with Gasteiger partial charge in [-0.05, 0) is 32.4 Å². The second kappa shape index (κ2) is 5.61. The molecular formula is C15H22N2O2. The average Bonchev–Trinajstić information content (AvgIpc) is 2.75. The Labute approximate surface area is 114 Å². The number of carbonyl (C=O) groups excluding carboxylic acids is 1. The van der Waals surface area contributed by atoms with Crippen LogP contribution in [0.25, 0.3) is 0 Å². The number of amides is 1. The standard InChI is InChI=1S/C15H22N2O2/c1-15(2,3)17-10-14(18)16-9-12-8-11-6-4-5-7-13(11)19-12/h4-7,12,17H,8-10H2,1-3H3,(H,16,18). The highest BCUT2D eigenvalue weighted by molar-refractivity contribution is 5.78. The maximum Gasteiger partial charge on any atom is 0.234 e. The number of rotatable bonds is 4. The van der Waals surface area contributed by atoms with E-state index in [1.54, 1.807) is 0 Å². The van der Waals surface area contributed by atoms with Gasteiger partial charge in [0.05, 0.1) is 13.1 Å². The van der Waals surface area contributed by atoms with E-state index in [4.69, 9.17) is 4.74 Å². The van der Waals surface area contributed by atoms with Crippen molar-refractivity contribution in [2.24, 2.45) is 0 Å². The minimum atomic E-state index is -0.0442. The summed E-state index contributed by atoms with van der Waals surface area (Å²) in [5.41, 5.74) is 1.17. The van der Waals surface area contributed by atoms with E-state index in [1.165, 1.54) is 5.56 Å². The molecule has 2 rings (SSSR count). The summed E-state index contributed by atoms with van der Waals surface area (Å²) in [6, 6.07) is 8.01. The van der Waals surface area contributed by atoms with Gasteiger partial charge in [-0.2, -0.15) is 0 Å². The molecule has 104 valence electrons. The molecule has 0 aromatic heterocycles. The summed E-state index contributed by atoms with van der Waals surface area (Å²) in [6.07, 6.45) is 0.916. The van der Waals surface area contributed by atoms with Crippen LogP contribution in [0.1, 0.15) is 26.3 Å². The molecule has 2 N–H and O–H groups in total. The highest BCUT2D eigenvalue weighted by Crippen LogP contribution is 2.27. The van der Waals surface area contributed by atoms with E-state index in [-0.39, 0.29) is 17.6 Å². The Hall–Kier alpha value is -1.55. The monoisotopic (exact) mass is 262 g/mol. The number of fused-ring (bicyclic) bond motifs is 1. The van der Waals surface area contributed by atoms with Crippen LogP contribution in [-0.4, -0.2) is 30.6 Å². The maximum atomic E-state index is 11.7. The third-order valence-electron chi connectivity index (χ3n) is 3.02. The van der Waals surface area contributed by atoms with E-state index in [0.717, 1.165) is 12.2 Å². The zero-order valence-corrected chi connectivity index (χ0v) is 11.8. The second-order valence-corrected chi connectivity index (χ2v) is 5.96. The van der Waals surface area contributed by atoms with Crippen molar-refractivity contribution in [1.82, 2.24) is 10.6 Å². The second-order valence-electron chi connectivity index (χ2n) is 5.96. The van der Waals surface area contributed by atoms with E-state index >= 15 is 0 Å². The molecule has 0 radical (unpaired) electrons. The Morgan fingerprint density at radius 1 is 1.37 bits per heavy atom. The largest absolute Gasteiger partial charge is 0.488 e. The molecule has 1 aliphatic heterocycles. The van der Waals surface area contributed by atoms with Gasteiger partial charge in [-0.3, -0.25) is 4.79 Å². The first-order chi connectivity index (χ1) is 8.94. The van der Waals surface area contributed by atoms with Crippen LogP contribution in [-0.2, 0) is 11.2 Å². The minimum absolute atomic E-state index is 0.00878. The van der Waals surface area contributed by atoms with E-state index in [0.29, 0.717) is 13.1 Å². The number of benzene rings is 1. The first-order valence-corrected chi connectivity index (χ1v) is 6.70. The first kappa shape index (κ1) is 13.9. The molecular weight excluding hydrogens is 240 g/mol. The predicted molar refractivity (Wildman–Crippen MR) is 75.3 cm³/mol. The molecule has 1 aliphatic rings. The lowest BCUT2D eigenvalue weighted by atomic mass is 10.1. The zero-order valence-electron chi connectivity index (χ0n) is 11.8. The van der Waals surface area contributed by atoms with Gasteiger partial charge in [-0.1, -0.05) is 18.2 Å². The number of hydrogen-bond acceptors (Lipinski definition) is 3. The van der Waals surface area contributed by atoms with Gasteiger partial charge in [0.15, 0.2) is 0 Å². The Morgan fingerprint density at radius 2 is 2.11 bits per heavy atom. The first-order valence-electron chi connectivity index (χ1n) is 6.70. The van der Waals surface area contributed by atoms with Gasteiger partial charge in [-0.25, -0.2) is 0 Å². The molecule has 1 unspecified atom stereocenters. The van der Waals surface area contributed by atoms with E-state index in [2.05, 4.69) is 16.7 Å². The molecule has 0 fully saturated rings. The van der Waals surface area contributed by atoms with Crippen LogP contribution >= 0.6 is 0 Å². The van der Waals surface area contributed by atoms with E-state index in [9.17, 15) is 4.79 Å². The number of nitrogens with one attached hydrogen (secondary N) is 2. The fraction of sp³-hybridized carbons (Fsp3) is 0.533. The summed E-state index contributed by atoms with van der Waals surface area (Å²) in [6.45, 7) is 7.01. The summed E-state index contributed by atoms with van der Waals surface area (Å²) < 4.78 is 5.77. The van der Waals surface area contributed by atoms with Gasteiger partial charge in [0.1, 0.15) is 11.9 Å². The van der Waals surface area contributed by atoms with Crippen LogP contribution in [0.3, 0.4) is 0 Å². The number of carbonyl (C=O) groups is 1. The normalized spacial score (nSPS) is 17.7. The molecule has 1 atom stereocenters. The van der Waals surface area contributed by atoms with Crippen molar-refractivity contribution in [2.75, 3.05) is 13.1 Å². The van der Waals surface area contributed by atoms with Gasteiger partial charge < -0.3 is 15.4 Å². The van der Waals surface area contributed by atoms with Gasteiger partial charge in [0.25, 0.3) is 0 Å². The van der Waals surface area contributed by atoms with Crippen LogP contribution in [0.15, 0.2) is 24.3 Å². The maximum absolute atomic E-state index is 11.7. The molecule has 0 spiro atoms. The summed E-state index contributed by atoms with van der Waals surface area (Å²) >= 11 is 0. The van der Waals surface area contributed by atoms with Crippen LogP contribution in [0.2, 0.25) is 0 Å². The molecule has 1 heterocycles. The molecule has 0 saturated heterocycles. The zero-order chi connectivity index (χ0) is 13.9. The van der Waals surface area contributed by atoms with Crippen molar-refractivity contribution < 1.29 is 9.53 Å². The topological polar surface area (TPSA) is 50.4 Å². The molecule has 4 heteroatoms. The third-order valence-corrected chi connectivity index (χ3v) is 3.02. The molecule has 19 heavy (non-hydrogen) atoms. The Kier molecular flexibility index (Phi) is 4.10. The van der Waals surface area contributed by atoms with Crippen molar-refractivity contribution >= 4 is 5.91 Å². The average molecular weight is 262 g/mol. The molecule has 4 nitrogen and oxygen atoms in total. The van der Waals surface area contributed by atoms with Crippen molar-refractivity contribution in [3.8, 4) is 5.75 Å². The van der Waals surface area contributed by atoms with Crippen molar-refractivity contribution in [3.63, 3.8) is 0 Å². The van der Waals surface area contributed by atoms with E-state index < -0.39 is 0 Å². The number of hydrogen-bond donors (Lipinski definition) is 2. The molecule has 1 aromatic rings. The third kappa shape index (κ3) is 4.24. The highest BCUT2D eigenvalue weighted by Gasteiger charge is 2.22. The fourth-order valence-corrected chi connectivity index (χ4v) is 2.00. The predicted octanol–water partition coefficient (Wildman–Crippen LogP) is 1.49. The van der Waals surface area contributed by atoms with Crippen molar-refractivity contribution in [2.45, 2.75) is 38.8 Å². The smallest absolute Gasteiger partial charge is 0.234 e. The molecule has 1 amide bonds. The molecule has 1 aromatic carbocycles. The van der Waals surface area contributed by atoms with Crippen LogP contribution in [0.4, 0.5) is 0 Å². The van der Waals surface area contributed by atoms with Crippen LogP contribution < -0.4 is 15.4 Å². The van der Waals surface area contributed by atoms with Crippen LogP contribution in [0.5, 0.6) is 5.75 Å². The number of para-hydroxylation sites is 1. The molecule has 0 saturated carbocycles. The summed E-state index contributed by atoms with van der Waals surface area (Å²) in [5, 5.41) is 6.07. The van der Waals surface area contributed by atoms with Gasteiger partial charge >= 0.3 is 0 Å². The Balaban J connectivity index is 1.72. The SMILES string of the molecule is CC(C)(C)NCC(=O)NCC1Cc2ccccc2O1. The van der Waals surface area contributed by atoms with E-state index in [1.807, 2.05) is 39.0 Å². The molecule has 0 aliphatic carbocycles. The minimum Gasteiger partial charge on any atom is -0.488 e. The fourth-order valence-electron chi connectivity index (χ4n) is 2.00. The summed E-state index contributed by atoms with van der Waals surface area (Å²) in [5.74, 6) is 0.948. The molecule has 0 bridgehead atoms. The van der Waals surface area contributed by atoms with Crippen molar-refractivity contribution in [3.05, 3.63) is 29.8 Å². The van der Waals surface area contributed by atoms with Gasteiger partial charge in [-0.15, -0.1) is 0 Å². The lowest BCUT2D eigenvalue weighted by molar-refractivity contribution is -0.120. The Bertz CT molecular complexity index is 427. The van der Waals surface area contributed by atoms with Crippen LogP contribution in [0, 0.1) is 0 Å². The highest BCUT2D eigenvalue weighted by atomic mass is 16.5.